The van der Waals surface area contributed by atoms with Crippen LogP contribution in [0.25, 0.3) is 0 Å². The first-order valence-corrected chi connectivity index (χ1v) is 4.71. The molecule has 5 heteroatoms. The fourth-order valence-corrected chi connectivity index (χ4v) is 1.14. The third kappa shape index (κ3) is 3.63. The zero-order valence-corrected chi connectivity index (χ0v) is 9.46. The monoisotopic (exact) mass is 212 g/mol. The molecule has 5 nitrogen and oxygen atoms in total. The van der Waals surface area contributed by atoms with E-state index >= 15 is 0 Å². The predicted molar refractivity (Wildman–Crippen MR) is 58.8 cm³/mol. The number of carbonyl (C=O) groups excluding carboxylic acids is 2. The van der Waals surface area contributed by atoms with Gasteiger partial charge in [-0.25, -0.2) is 4.79 Å². The lowest BCUT2D eigenvalue weighted by molar-refractivity contribution is -0.416. The fraction of sp³-hybridized carbons (Fsp3) is 0.500. The molecule has 15 heavy (non-hydrogen) atoms. The molecule has 0 aliphatic rings. The Morgan fingerprint density at radius 2 is 2.00 bits per heavy atom. The van der Waals surface area contributed by atoms with E-state index in [2.05, 4.69) is 11.9 Å². The van der Waals surface area contributed by atoms with E-state index in [1.165, 1.54) is 11.6 Å². The van der Waals surface area contributed by atoms with Gasteiger partial charge in [0.25, 0.3) is 5.71 Å². The first kappa shape index (κ1) is 13.5. The van der Waals surface area contributed by atoms with Crippen LogP contribution in [-0.2, 0) is 9.59 Å². The summed E-state index contributed by atoms with van der Waals surface area (Å²) in [5.74, 6) is -0.852. The summed E-state index contributed by atoms with van der Waals surface area (Å²) in [4.78, 5) is 22.7. The Bertz CT molecular complexity index is 319. The second-order valence-electron chi connectivity index (χ2n) is 3.15. The van der Waals surface area contributed by atoms with Crippen LogP contribution in [0.5, 0.6) is 0 Å². The summed E-state index contributed by atoms with van der Waals surface area (Å²) >= 11 is 0. The Morgan fingerprint density at radius 3 is 2.33 bits per heavy atom. The van der Waals surface area contributed by atoms with Gasteiger partial charge in [-0.15, -0.1) is 0 Å². The average Bonchev–Trinajstić information content (AvgIpc) is 2.17. The molecule has 0 aliphatic carbocycles. The van der Waals surface area contributed by atoms with Crippen LogP contribution >= 0.6 is 0 Å². The molecule has 2 amide bonds. The molecule has 0 radical (unpaired) electrons. The zero-order chi connectivity index (χ0) is 12.0. The maximum absolute atomic E-state index is 11.5. The number of rotatable bonds is 5. The van der Waals surface area contributed by atoms with E-state index in [1.807, 2.05) is 6.92 Å². The lowest BCUT2D eigenvalue weighted by Gasteiger charge is -2.02. The first-order chi connectivity index (χ1) is 6.95. The highest BCUT2D eigenvalue weighted by Crippen LogP contribution is 2.00. The molecule has 3 N–H and O–H groups in total. The standard InChI is InChI=1S/C10H17N3O2/c1-5-7(2)9(10(11)15)13(4)8(14)6-12-3/h12H,2,5-6H2,1,3-4H3,(H-,11,15)/p+1. The fourth-order valence-electron chi connectivity index (χ4n) is 1.14. The summed E-state index contributed by atoms with van der Waals surface area (Å²) in [6.45, 7) is 5.71. The normalized spacial score (nSPS) is 11.9. The number of hydrogen-bond acceptors (Lipinski definition) is 3. The Morgan fingerprint density at radius 1 is 1.47 bits per heavy atom. The Hall–Kier alpha value is -1.49. The van der Waals surface area contributed by atoms with Gasteiger partial charge in [-0.2, -0.15) is 4.58 Å². The van der Waals surface area contributed by atoms with Gasteiger partial charge in [-0.05, 0) is 13.5 Å². The molecule has 0 spiro atoms. The quantitative estimate of drug-likeness (QED) is 0.466. The molecule has 0 fully saturated rings. The van der Waals surface area contributed by atoms with Crippen LogP contribution in [0.4, 0.5) is 0 Å². The minimum absolute atomic E-state index is 0.157. The molecule has 0 rings (SSSR count). The molecule has 0 bridgehead atoms. The van der Waals surface area contributed by atoms with E-state index in [0.717, 1.165) is 0 Å². The van der Waals surface area contributed by atoms with Crippen molar-refractivity contribution >= 4 is 17.5 Å². The number of nitrogens with two attached hydrogens (primary N) is 1. The van der Waals surface area contributed by atoms with E-state index in [-0.39, 0.29) is 18.2 Å². The van der Waals surface area contributed by atoms with Crippen LogP contribution in [0.2, 0.25) is 0 Å². The molecular weight excluding hydrogens is 194 g/mol. The van der Waals surface area contributed by atoms with Gasteiger partial charge in [0, 0.05) is 5.57 Å². The highest BCUT2D eigenvalue weighted by Gasteiger charge is 2.25. The molecule has 0 atom stereocenters. The van der Waals surface area contributed by atoms with E-state index in [1.54, 1.807) is 7.05 Å². The van der Waals surface area contributed by atoms with Gasteiger partial charge >= 0.3 is 11.8 Å². The van der Waals surface area contributed by atoms with Crippen LogP contribution in [0, 0.1) is 0 Å². The summed E-state index contributed by atoms with van der Waals surface area (Å²) in [7, 11) is 3.17. The van der Waals surface area contributed by atoms with Crippen molar-refractivity contribution in [2.45, 2.75) is 13.3 Å². The molecule has 0 heterocycles. The molecule has 0 saturated heterocycles. The van der Waals surface area contributed by atoms with Crippen molar-refractivity contribution in [3.05, 3.63) is 12.2 Å². The molecule has 0 aromatic heterocycles. The van der Waals surface area contributed by atoms with Gasteiger partial charge in [-0.3, -0.25) is 4.79 Å². The van der Waals surface area contributed by atoms with Crippen LogP contribution < -0.4 is 11.1 Å². The highest BCUT2D eigenvalue weighted by molar-refractivity contribution is 6.43. The SMILES string of the molecule is C=C(CC)C(C(N)=O)=[N+](C)C(=O)CNC. The average molecular weight is 212 g/mol. The zero-order valence-electron chi connectivity index (χ0n) is 9.46. The minimum atomic E-state index is -0.631. The van der Waals surface area contributed by atoms with Crippen molar-refractivity contribution < 1.29 is 14.2 Å². The van der Waals surface area contributed by atoms with Crippen molar-refractivity contribution in [1.82, 2.24) is 5.32 Å². The Labute approximate surface area is 89.7 Å². The number of amides is 2. The Balaban J connectivity index is 5.18. The van der Waals surface area contributed by atoms with Crippen LogP contribution in [0.15, 0.2) is 12.2 Å². The molecule has 0 aliphatic heterocycles. The number of carbonyl (C=O) groups is 2. The maximum atomic E-state index is 11.5. The number of primary amides is 1. The van der Waals surface area contributed by atoms with Gasteiger partial charge in [-0.1, -0.05) is 13.5 Å². The third-order valence-corrected chi connectivity index (χ3v) is 2.03. The molecule has 0 saturated carbocycles. The van der Waals surface area contributed by atoms with E-state index in [9.17, 15) is 9.59 Å². The largest absolute Gasteiger partial charge is 0.401 e. The smallest absolute Gasteiger partial charge is 0.360 e. The number of nitrogens with zero attached hydrogens (tertiary/aromatic N) is 1. The summed E-state index contributed by atoms with van der Waals surface area (Å²) in [6.07, 6.45) is 0.579. The molecule has 0 aromatic rings. The summed E-state index contributed by atoms with van der Waals surface area (Å²) in [6, 6.07) is 0. The van der Waals surface area contributed by atoms with Crippen molar-refractivity contribution in [1.29, 1.82) is 0 Å². The number of likely N-dealkylation sites (N-methyl/N-ethyl adjacent to an activating group) is 2. The predicted octanol–water partition coefficient (Wildman–Crippen LogP) is -0.733. The highest BCUT2D eigenvalue weighted by atomic mass is 16.2. The third-order valence-electron chi connectivity index (χ3n) is 2.03. The molecule has 84 valence electrons. The van der Waals surface area contributed by atoms with E-state index < -0.39 is 5.91 Å². The van der Waals surface area contributed by atoms with E-state index in [4.69, 9.17) is 5.73 Å². The second-order valence-corrected chi connectivity index (χ2v) is 3.15. The van der Waals surface area contributed by atoms with Gasteiger partial charge in [0.15, 0.2) is 0 Å². The van der Waals surface area contributed by atoms with Crippen molar-refractivity contribution in [3.8, 4) is 0 Å². The first-order valence-electron chi connectivity index (χ1n) is 4.71. The number of nitrogens with one attached hydrogen (secondary N) is 1. The lowest BCUT2D eigenvalue weighted by Crippen LogP contribution is -2.38. The topological polar surface area (TPSA) is 75.2 Å². The maximum Gasteiger partial charge on any atom is 0.401 e. The van der Waals surface area contributed by atoms with Crippen molar-refractivity contribution in [2.75, 3.05) is 20.6 Å². The van der Waals surface area contributed by atoms with Crippen LogP contribution in [0.1, 0.15) is 13.3 Å². The van der Waals surface area contributed by atoms with Crippen LogP contribution in [0.3, 0.4) is 0 Å². The molecule has 0 aromatic carbocycles. The van der Waals surface area contributed by atoms with Gasteiger partial charge < -0.3 is 11.1 Å². The Kier molecular flexibility index (Phi) is 5.48. The lowest BCUT2D eigenvalue weighted by atomic mass is 10.1. The van der Waals surface area contributed by atoms with Crippen molar-refractivity contribution in [3.63, 3.8) is 0 Å². The summed E-state index contributed by atoms with van der Waals surface area (Å²) in [5, 5.41) is 2.71. The second kappa shape index (κ2) is 6.08. The minimum Gasteiger partial charge on any atom is -0.360 e. The van der Waals surface area contributed by atoms with Crippen molar-refractivity contribution in [2.24, 2.45) is 5.73 Å². The van der Waals surface area contributed by atoms with Gasteiger partial charge in [0.05, 0.1) is 0 Å². The summed E-state index contributed by atoms with van der Waals surface area (Å²) < 4.78 is 1.24. The van der Waals surface area contributed by atoms with Crippen LogP contribution in [-0.4, -0.2) is 42.7 Å². The molecular formula is C10H18N3O2+. The van der Waals surface area contributed by atoms with Gasteiger partial charge in [0.2, 0.25) is 0 Å². The van der Waals surface area contributed by atoms with E-state index in [0.29, 0.717) is 12.0 Å². The van der Waals surface area contributed by atoms with Gasteiger partial charge in [0.1, 0.15) is 13.6 Å². The summed E-state index contributed by atoms with van der Waals surface area (Å²) in [5.41, 5.74) is 5.94. The number of hydrogen-bond donors (Lipinski definition) is 2. The molecule has 0 unspecified atom stereocenters.